The SMILES string of the molecule is Cc1ccc2c(c1)C(N)N(C1CCCCC1N)C(N)=N2. The molecule has 2 aliphatic rings. The van der Waals surface area contributed by atoms with E-state index in [1.54, 1.807) is 0 Å². The van der Waals surface area contributed by atoms with Crippen LogP contribution in [0.3, 0.4) is 0 Å². The minimum Gasteiger partial charge on any atom is -0.369 e. The van der Waals surface area contributed by atoms with Gasteiger partial charge >= 0.3 is 0 Å². The predicted octanol–water partition coefficient (Wildman–Crippen LogP) is 1.48. The number of nitrogens with zero attached hydrogens (tertiary/aromatic N) is 2. The van der Waals surface area contributed by atoms with Crippen LogP contribution in [-0.4, -0.2) is 22.9 Å². The Bertz CT molecular complexity index is 539. The molecule has 0 amide bonds. The van der Waals surface area contributed by atoms with Gasteiger partial charge < -0.3 is 22.1 Å². The number of fused-ring (bicyclic) bond motifs is 1. The number of aryl methyl sites for hydroxylation is 1. The molecule has 6 N–H and O–H groups in total. The summed E-state index contributed by atoms with van der Waals surface area (Å²) in [6.45, 7) is 2.06. The Morgan fingerprint density at radius 1 is 1.20 bits per heavy atom. The topological polar surface area (TPSA) is 93.7 Å². The molecule has 0 radical (unpaired) electrons. The highest BCUT2D eigenvalue weighted by atomic mass is 15.4. The summed E-state index contributed by atoms with van der Waals surface area (Å²) in [6, 6.07) is 6.42. The maximum absolute atomic E-state index is 6.45. The van der Waals surface area contributed by atoms with E-state index in [9.17, 15) is 0 Å². The number of hydrogen-bond acceptors (Lipinski definition) is 5. The van der Waals surface area contributed by atoms with Crippen LogP contribution in [0.1, 0.15) is 43.0 Å². The van der Waals surface area contributed by atoms with Gasteiger partial charge in [-0.3, -0.25) is 0 Å². The van der Waals surface area contributed by atoms with Gasteiger partial charge in [-0.25, -0.2) is 4.99 Å². The van der Waals surface area contributed by atoms with E-state index in [2.05, 4.69) is 18.0 Å². The second-order valence-electron chi connectivity index (χ2n) is 5.90. The minimum atomic E-state index is -0.253. The third kappa shape index (κ3) is 2.17. The quantitative estimate of drug-likeness (QED) is 0.722. The monoisotopic (exact) mass is 273 g/mol. The lowest BCUT2D eigenvalue weighted by Crippen LogP contribution is -2.57. The Morgan fingerprint density at radius 3 is 2.70 bits per heavy atom. The van der Waals surface area contributed by atoms with Gasteiger partial charge in [0.15, 0.2) is 5.96 Å². The molecule has 1 aliphatic carbocycles. The maximum atomic E-state index is 6.45. The minimum absolute atomic E-state index is 0.120. The van der Waals surface area contributed by atoms with Gasteiger partial charge in [0.25, 0.3) is 0 Å². The van der Waals surface area contributed by atoms with E-state index in [4.69, 9.17) is 17.2 Å². The van der Waals surface area contributed by atoms with Gasteiger partial charge in [-0.05, 0) is 25.8 Å². The van der Waals surface area contributed by atoms with Crippen LogP contribution in [0.5, 0.6) is 0 Å². The smallest absolute Gasteiger partial charge is 0.198 e. The van der Waals surface area contributed by atoms with Gasteiger partial charge in [0.05, 0.1) is 5.69 Å². The summed E-state index contributed by atoms with van der Waals surface area (Å²) >= 11 is 0. The molecule has 1 aliphatic heterocycles. The van der Waals surface area contributed by atoms with Crippen molar-refractivity contribution in [2.45, 2.75) is 50.9 Å². The maximum Gasteiger partial charge on any atom is 0.198 e. The number of rotatable bonds is 1. The number of hydrogen-bond donors (Lipinski definition) is 3. The molecule has 1 saturated carbocycles. The summed E-state index contributed by atoms with van der Waals surface area (Å²) in [4.78, 5) is 6.53. The first-order valence-corrected chi connectivity index (χ1v) is 7.32. The summed E-state index contributed by atoms with van der Waals surface area (Å²) in [5, 5.41) is 0. The Hall–Kier alpha value is -1.59. The van der Waals surface area contributed by atoms with E-state index in [0.717, 1.165) is 24.1 Å². The number of guanidine groups is 1. The van der Waals surface area contributed by atoms with Crippen molar-refractivity contribution in [3.8, 4) is 0 Å². The van der Waals surface area contributed by atoms with Crippen molar-refractivity contribution in [3.05, 3.63) is 29.3 Å². The molecule has 5 nitrogen and oxygen atoms in total. The van der Waals surface area contributed by atoms with Crippen molar-refractivity contribution in [1.82, 2.24) is 4.90 Å². The van der Waals surface area contributed by atoms with Crippen molar-refractivity contribution in [2.75, 3.05) is 0 Å². The molecule has 108 valence electrons. The van der Waals surface area contributed by atoms with E-state index in [1.807, 2.05) is 17.0 Å². The Morgan fingerprint density at radius 2 is 1.95 bits per heavy atom. The zero-order chi connectivity index (χ0) is 14.3. The number of benzene rings is 1. The lowest BCUT2D eigenvalue weighted by molar-refractivity contribution is 0.167. The molecule has 20 heavy (non-hydrogen) atoms. The van der Waals surface area contributed by atoms with Crippen LogP contribution >= 0.6 is 0 Å². The third-order valence-electron chi connectivity index (χ3n) is 4.44. The first-order valence-electron chi connectivity index (χ1n) is 7.32. The van der Waals surface area contributed by atoms with Gasteiger partial charge in [0, 0.05) is 17.6 Å². The fourth-order valence-corrected chi connectivity index (χ4v) is 3.35. The first kappa shape index (κ1) is 13.4. The lowest BCUT2D eigenvalue weighted by atomic mass is 9.88. The van der Waals surface area contributed by atoms with Crippen LogP contribution in [0.4, 0.5) is 5.69 Å². The molecule has 1 aromatic carbocycles. The molecule has 3 rings (SSSR count). The molecule has 1 aromatic rings. The molecule has 3 unspecified atom stereocenters. The highest BCUT2D eigenvalue weighted by Crippen LogP contribution is 2.35. The van der Waals surface area contributed by atoms with Crippen LogP contribution in [-0.2, 0) is 0 Å². The zero-order valence-electron chi connectivity index (χ0n) is 11.9. The standard InChI is InChI=1S/C15H23N5/c1-9-6-7-12-10(8-9)14(17)20(15(18)19-12)13-5-3-2-4-11(13)16/h6-8,11,13-14H,2-5,16-17H2,1H3,(H2,18,19). The third-order valence-corrected chi connectivity index (χ3v) is 4.44. The summed E-state index contributed by atoms with van der Waals surface area (Å²) in [5.41, 5.74) is 22.0. The van der Waals surface area contributed by atoms with Crippen molar-refractivity contribution in [1.29, 1.82) is 0 Å². The van der Waals surface area contributed by atoms with Gasteiger partial charge in [0.2, 0.25) is 0 Å². The van der Waals surface area contributed by atoms with Gasteiger partial charge in [-0.15, -0.1) is 0 Å². The Kier molecular flexibility index (Phi) is 3.40. The number of aliphatic imine (C=N–C) groups is 1. The van der Waals surface area contributed by atoms with E-state index in [1.165, 1.54) is 18.4 Å². The van der Waals surface area contributed by atoms with Crippen LogP contribution in [0.2, 0.25) is 0 Å². The van der Waals surface area contributed by atoms with Crippen LogP contribution in [0, 0.1) is 6.92 Å². The van der Waals surface area contributed by atoms with Crippen LogP contribution < -0.4 is 17.2 Å². The van der Waals surface area contributed by atoms with Crippen molar-refractivity contribution < 1.29 is 0 Å². The van der Waals surface area contributed by atoms with Crippen molar-refractivity contribution >= 4 is 11.6 Å². The van der Waals surface area contributed by atoms with Gasteiger partial charge in [0.1, 0.15) is 6.17 Å². The van der Waals surface area contributed by atoms with Crippen molar-refractivity contribution in [2.24, 2.45) is 22.2 Å². The summed E-state index contributed by atoms with van der Waals surface area (Å²) < 4.78 is 0. The van der Waals surface area contributed by atoms with E-state index in [-0.39, 0.29) is 18.2 Å². The molecule has 0 spiro atoms. The Balaban J connectivity index is 1.97. The van der Waals surface area contributed by atoms with Gasteiger partial charge in [-0.1, -0.05) is 30.5 Å². The fourth-order valence-electron chi connectivity index (χ4n) is 3.35. The zero-order valence-corrected chi connectivity index (χ0v) is 11.9. The summed E-state index contributed by atoms with van der Waals surface area (Å²) in [5.74, 6) is 0.496. The first-order chi connectivity index (χ1) is 9.58. The van der Waals surface area contributed by atoms with E-state index in [0.29, 0.717) is 5.96 Å². The van der Waals surface area contributed by atoms with Crippen molar-refractivity contribution in [3.63, 3.8) is 0 Å². The molecule has 5 heteroatoms. The molecule has 0 bridgehead atoms. The van der Waals surface area contributed by atoms with Gasteiger partial charge in [-0.2, -0.15) is 0 Å². The molecule has 1 heterocycles. The second-order valence-corrected chi connectivity index (χ2v) is 5.90. The van der Waals surface area contributed by atoms with E-state index < -0.39 is 0 Å². The largest absolute Gasteiger partial charge is 0.369 e. The highest BCUT2D eigenvalue weighted by molar-refractivity contribution is 5.84. The van der Waals surface area contributed by atoms with Crippen LogP contribution in [0.25, 0.3) is 0 Å². The average Bonchev–Trinajstić information content (AvgIpc) is 2.42. The average molecular weight is 273 g/mol. The molecule has 3 atom stereocenters. The van der Waals surface area contributed by atoms with Crippen LogP contribution in [0.15, 0.2) is 23.2 Å². The predicted molar refractivity (Wildman–Crippen MR) is 81.5 cm³/mol. The fraction of sp³-hybridized carbons (Fsp3) is 0.533. The van der Waals surface area contributed by atoms with E-state index >= 15 is 0 Å². The molecular formula is C15H23N5. The second kappa shape index (κ2) is 5.07. The normalized spacial score (nSPS) is 29.9. The molecule has 0 saturated heterocycles. The molecular weight excluding hydrogens is 250 g/mol. The summed E-state index contributed by atoms with van der Waals surface area (Å²) in [7, 11) is 0. The molecule has 0 aromatic heterocycles. The summed E-state index contributed by atoms with van der Waals surface area (Å²) in [6.07, 6.45) is 4.17. The molecule has 1 fully saturated rings. The lowest BCUT2D eigenvalue weighted by Gasteiger charge is -2.44. The number of nitrogens with two attached hydrogens (primary N) is 3. The Labute approximate surface area is 119 Å². The highest BCUT2D eigenvalue weighted by Gasteiger charge is 2.35.